The number of amides is 1. The average molecular weight is 469 g/mol. The summed E-state index contributed by atoms with van der Waals surface area (Å²) >= 11 is 0. The second-order valence-corrected chi connectivity index (χ2v) is 10.8. The minimum absolute atomic E-state index is 0.135. The van der Waals surface area contributed by atoms with E-state index in [2.05, 4.69) is 5.32 Å². The van der Waals surface area contributed by atoms with Gasteiger partial charge in [-0.3, -0.25) is 9.10 Å². The number of nitrogens with zero attached hydrogens (tertiary/aromatic N) is 1. The smallest absolute Gasteiger partial charge is 0.236 e. The van der Waals surface area contributed by atoms with Crippen LogP contribution in [0.4, 0.5) is 11.4 Å². The molecule has 4 rings (SSSR count). The van der Waals surface area contributed by atoms with Crippen molar-refractivity contribution in [3.63, 3.8) is 0 Å². The number of carbonyl (C=O) groups excluding carboxylic acids is 1. The van der Waals surface area contributed by atoms with Gasteiger partial charge in [0.05, 0.1) is 17.5 Å². The number of anilines is 2. The van der Waals surface area contributed by atoms with Crippen LogP contribution >= 0.6 is 0 Å². The fourth-order valence-corrected chi connectivity index (χ4v) is 6.81. The molecule has 1 atom stereocenters. The Bertz CT molecular complexity index is 1090. The van der Waals surface area contributed by atoms with Gasteiger partial charge in [0.15, 0.2) is 0 Å². The van der Waals surface area contributed by atoms with E-state index in [4.69, 9.17) is 4.74 Å². The van der Waals surface area contributed by atoms with Crippen molar-refractivity contribution >= 4 is 33.4 Å². The molecule has 0 spiro atoms. The van der Waals surface area contributed by atoms with E-state index in [1.54, 1.807) is 28.6 Å². The molecule has 1 saturated carbocycles. The Morgan fingerprint density at radius 3 is 2.42 bits per heavy atom. The lowest BCUT2D eigenvalue weighted by Crippen LogP contribution is -2.46. The van der Waals surface area contributed by atoms with E-state index in [0.29, 0.717) is 17.1 Å². The van der Waals surface area contributed by atoms with Gasteiger partial charge in [0.25, 0.3) is 0 Å². The van der Waals surface area contributed by atoms with Crippen molar-refractivity contribution in [1.29, 1.82) is 0 Å². The molecule has 1 aliphatic heterocycles. The molecule has 1 heterocycles. The van der Waals surface area contributed by atoms with Crippen LogP contribution in [0.15, 0.2) is 54.6 Å². The van der Waals surface area contributed by atoms with Gasteiger partial charge in [-0.1, -0.05) is 56.0 Å². The van der Waals surface area contributed by atoms with Crippen LogP contribution in [0.1, 0.15) is 51.0 Å². The molecule has 1 fully saturated rings. The van der Waals surface area contributed by atoms with Crippen LogP contribution in [0.25, 0.3) is 6.08 Å². The Hall–Kier alpha value is -2.80. The van der Waals surface area contributed by atoms with Gasteiger partial charge in [0.2, 0.25) is 15.9 Å². The molecule has 6 nitrogen and oxygen atoms in total. The van der Waals surface area contributed by atoms with Crippen molar-refractivity contribution in [2.75, 3.05) is 22.0 Å². The van der Waals surface area contributed by atoms with Gasteiger partial charge in [-0.25, -0.2) is 8.42 Å². The molecule has 0 unspecified atom stereocenters. The van der Waals surface area contributed by atoms with Crippen LogP contribution in [0.5, 0.6) is 5.75 Å². The SMILES string of the molecule is CC(=O)Nc1ccc(OC[C@H]2C=Cc3ccccc3N2S(=O)(=O)CC2CCCCCC2)cc1. The summed E-state index contributed by atoms with van der Waals surface area (Å²) in [7, 11) is -3.53. The number of benzene rings is 2. The van der Waals surface area contributed by atoms with Crippen molar-refractivity contribution in [3.8, 4) is 5.75 Å². The van der Waals surface area contributed by atoms with Gasteiger partial charge in [-0.15, -0.1) is 0 Å². The van der Waals surface area contributed by atoms with E-state index in [1.165, 1.54) is 19.8 Å². The Morgan fingerprint density at radius 2 is 1.73 bits per heavy atom. The van der Waals surface area contributed by atoms with E-state index in [-0.39, 0.29) is 24.2 Å². The van der Waals surface area contributed by atoms with Crippen molar-refractivity contribution < 1.29 is 17.9 Å². The van der Waals surface area contributed by atoms with Gasteiger partial charge in [0, 0.05) is 12.6 Å². The monoisotopic (exact) mass is 468 g/mol. The Balaban J connectivity index is 1.52. The molecule has 1 aliphatic carbocycles. The topological polar surface area (TPSA) is 75.7 Å². The van der Waals surface area contributed by atoms with Crippen molar-refractivity contribution in [2.24, 2.45) is 5.92 Å². The number of fused-ring (bicyclic) bond motifs is 1. The second-order valence-electron chi connectivity index (χ2n) is 8.93. The highest BCUT2D eigenvalue weighted by Crippen LogP contribution is 2.34. The molecule has 7 heteroatoms. The normalized spacial score (nSPS) is 18.9. The second kappa shape index (κ2) is 10.4. The lowest BCUT2D eigenvalue weighted by Gasteiger charge is -2.35. The van der Waals surface area contributed by atoms with Crippen LogP contribution in [0.3, 0.4) is 0 Å². The first-order valence-corrected chi connectivity index (χ1v) is 13.3. The Morgan fingerprint density at radius 1 is 1.03 bits per heavy atom. The average Bonchev–Trinajstić information content (AvgIpc) is 3.06. The highest BCUT2D eigenvalue weighted by atomic mass is 32.2. The van der Waals surface area contributed by atoms with Crippen LogP contribution in [0, 0.1) is 5.92 Å². The van der Waals surface area contributed by atoms with E-state index >= 15 is 0 Å². The molecule has 0 aromatic heterocycles. The minimum atomic E-state index is -3.53. The molecule has 2 aliphatic rings. The highest BCUT2D eigenvalue weighted by Gasteiger charge is 2.34. The predicted octanol–water partition coefficient (Wildman–Crippen LogP) is 5.23. The summed E-state index contributed by atoms with van der Waals surface area (Å²) in [4.78, 5) is 11.2. The molecule has 176 valence electrons. The molecular formula is C26H32N2O4S. The maximum absolute atomic E-state index is 13.7. The summed E-state index contributed by atoms with van der Waals surface area (Å²) in [5, 5.41) is 2.73. The number of rotatable bonds is 7. The minimum Gasteiger partial charge on any atom is -0.491 e. The van der Waals surface area contributed by atoms with Crippen molar-refractivity contribution in [2.45, 2.75) is 51.5 Å². The first kappa shape index (κ1) is 23.4. The lowest BCUT2D eigenvalue weighted by molar-refractivity contribution is -0.114. The summed E-state index contributed by atoms with van der Waals surface area (Å²) in [6, 6.07) is 14.3. The number of para-hydroxylation sites is 1. The fourth-order valence-electron chi connectivity index (χ4n) is 4.71. The zero-order chi connectivity index (χ0) is 23.3. The molecule has 0 saturated heterocycles. The molecule has 0 bridgehead atoms. The van der Waals surface area contributed by atoms with Gasteiger partial charge in [-0.2, -0.15) is 0 Å². The van der Waals surface area contributed by atoms with E-state index in [1.807, 2.05) is 36.4 Å². The van der Waals surface area contributed by atoms with Gasteiger partial charge in [-0.05, 0) is 54.7 Å². The first-order chi connectivity index (χ1) is 15.9. The van der Waals surface area contributed by atoms with E-state index < -0.39 is 16.1 Å². The zero-order valence-electron chi connectivity index (χ0n) is 19.1. The first-order valence-electron chi connectivity index (χ1n) is 11.7. The van der Waals surface area contributed by atoms with Crippen molar-refractivity contribution in [3.05, 3.63) is 60.2 Å². The summed E-state index contributed by atoms with van der Waals surface area (Å²) < 4.78 is 34.9. The molecule has 1 amide bonds. The molecule has 2 aromatic rings. The molecule has 0 radical (unpaired) electrons. The van der Waals surface area contributed by atoms with Gasteiger partial charge in [0.1, 0.15) is 12.4 Å². The third-order valence-corrected chi connectivity index (χ3v) is 8.25. The summed E-state index contributed by atoms with van der Waals surface area (Å²) in [6.07, 6.45) is 10.5. The molecular weight excluding hydrogens is 436 g/mol. The highest BCUT2D eigenvalue weighted by molar-refractivity contribution is 7.92. The lowest BCUT2D eigenvalue weighted by atomic mass is 10.0. The molecule has 1 N–H and O–H groups in total. The largest absolute Gasteiger partial charge is 0.491 e. The molecule has 33 heavy (non-hydrogen) atoms. The third-order valence-electron chi connectivity index (χ3n) is 6.29. The van der Waals surface area contributed by atoms with Crippen molar-refractivity contribution in [1.82, 2.24) is 0 Å². The Labute approximate surface area is 196 Å². The fraction of sp³-hybridized carbons (Fsp3) is 0.423. The number of ether oxygens (including phenoxy) is 1. The number of hydrogen-bond acceptors (Lipinski definition) is 4. The standard InChI is InChI=1S/C26H32N2O4S/c1-20(29)27-23-13-16-25(17-14-23)32-18-24-15-12-22-10-6-7-11-26(22)28(24)33(30,31)19-21-8-4-2-3-5-9-21/h6-7,10-17,21,24H,2-5,8-9,18-19H2,1H3,(H,27,29)/t24-/m1/s1. The summed E-state index contributed by atoms with van der Waals surface area (Å²) in [5.74, 6) is 0.872. The summed E-state index contributed by atoms with van der Waals surface area (Å²) in [5.41, 5.74) is 2.30. The maximum Gasteiger partial charge on any atom is 0.236 e. The predicted molar refractivity (Wildman–Crippen MR) is 133 cm³/mol. The number of sulfonamides is 1. The number of hydrogen-bond donors (Lipinski definition) is 1. The van der Waals surface area contributed by atoms with E-state index in [0.717, 1.165) is 31.2 Å². The van der Waals surface area contributed by atoms with Crippen LogP contribution in [0.2, 0.25) is 0 Å². The third kappa shape index (κ3) is 5.96. The quantitative estimate of drug-likeness (QED) is 0.565. The van der Waals surface area contributed by atoms with Crippen LogP contribution < -0.4 is 14.4 Å². The number of nitrogens with one attached hydrogen (secondary N) is 1. The van der Waals surface area contributed by atoms with Crippen LogP contribution in [-0.4, -0.2) is 32.7 Å². The maximum atomic E-state index is 13.7. The van der Waals surface area contributed by atoms with Crippen LogP contribution in [-0.2, 0) is 14.8 Å². The summed E-state index contributed by atoms with van der Waals surface area (Å²) in [6.45, 7) is 1.66. The zero-order valence-corrected chi connectivity index (χ0v) is 19.9. The van der Waals surface area contributed by atoms with Gasteiger partial charge < -0.3 is 10.1 Å². The molecule has 2 aromatic carbocycles. The number of carbonyl (C=O) groups is 1. The van der Waals surface area contributed by atoms with E-state index in [9.17, 15) is 13.2 Å². The van der Waals surface area contributed by atoms with Gasteiger partial charge >= 0.3 is 0 Å². The Kier molecular flexibility index (Phi) is 7.38.